The van der Waals surface area contributed by atoms with Crippen molar-refractivity contribution in [1.82, 2.24) is 5.32 Å². The average molecular weight is 282 g/mol. The molecule has 106 valence electrons. The monoisotopic (exact) mass is 282 g/mol. The molecule has 0 aromatic heterocycles. The van der Waals surface area contributed by atoms with Crippen molar-refractivity contribution in [1.29, 1.82) is 5.26 Å². The van der Waals surface area contributed by atoms with Gasteiger partial charge in [0.25, 0.3) is 0 Å². The minimum atomic E-state index is -0.475. The molecule has 2 aromatic rings. The molecule has 0 unspecified atom stereocenters. The van der Waals surface area contributed by atoms with E-state index >= 15 is 0 Å². The van der Waals surface area contributed by atoms with Gasteiger partial charge in [0.15, 0.2) is 0 Å². The second-order valence-electron chi connectivity index (χ2n) is 4.68. The predicted octanol–water partition coefficient (Wildman–Crippen LogP) is 2.95. The summed E-state index contributed by atoms with van der Waals surface area (Å²) in [5, 5.41) is 11.3. The zero-order chi connectivity index (χ0) is 15.1. The number of nitriles is 1. The van der Waals surface area contributed by atoms with Crippen LogP contribution in [0.2, 0.25) is 0 Å². The molecule has 3 nitrogen and oxygen atoms in total. The molecule has 0 spiro atoms. The maximum atomic E-state index is 13.6. The van der Waals surface area contributed by atoms with Crippen LogP contribution in [0.4, 0.5) is 4.39 Å². The molecule has 0 fully saturated rings. The van der Waals surface area contributed by atoms with Gasteiger partial charge < -0.3 is 5.32 Å². The summed E-state index contributed by atoms with van der Waals surface area (Å²) in [6.45, 7) is 0.130. The van der Waals surface area contributed by atoms with E-state index in [0.717, 1.165) is 5.56 Å². The Hall–Kier alpha value is -2.67. The average Bonchev–Trinajstić information content (AvgIpc) is 2.52. The fraction of sp³-hybridized carbons (Fsp3) is 0.176. The van der Waals surface area contributed by atoms with Crippen LogP contribution in [0.15, 0.2) is 48.5 Å². The van der Waals surface area contributed by atoms with E-state index in [4.69, 9.17) is 5.26 Å². The van der Waals surface area contributed by atoms with E-state index in [9.17, 15) is 9.18 Å². The van der Waals surface area contributed by atoms with Gasteiger partial charge in [-0.3, -0.25) is 4.79 Å². The van der Waals surface area contributed by atoms with Gasteiger partial charge in [0.1, 0.15) is 5.82 Å². The predicted molar refractivity (Wildman–Crippen MR) is 77.7 cm³/mol. The lowest BCUT2D eigenvalue weighted by Gasteiger charge is -2.07. The summed E-state index contributed by atoms with van der Waals surface area (Å²) in [5.41, 5.74) is 1.74. The first-order valence-electron chi connectivity index (χ1n) is 6.68. The molecule has 0 aliphatic carbocycles. The number of rotatable bonds is 5. The first-order chi connectivity index (χ1) is 10.2. The molecule has 1 N–H and O–H groups in total. The first kappa shape index (κ1) is 14.7. The maximum absolute atomic E-state index is 13.6. The molecule has 0 aliphatic rings. The van der Waals surface area contributed by atoms with Crippen molar-refractivity contribution >= 4 is 5.91 Å². The number of carbonyl (C=O) groups is 1. The van der Waals surface area contributed by atoms with Crippen LogP contribution in [0.3, 0.4) is 0 Å². The van der Waals surface area contributed by atoms with Crippen molar-refractivity contribution in [3.63, 3.8) is 0 Å². The van der Waals surface area contributed by atoms with Crippen LogP contribution >= 0.6 is 0 Å². The van der Waals surface area contributed by atoms with Crippen molar-refractivity contribution in [2.75, 3.05) is 0 Å². The Morgan fingerprint density at radius 2 is 1.95 bits per heavy atom. The minimum absolute atomic E-state index is 0.123. The smallest absolute Gasteiger partial charge is 0.220 e. The Bertz CT molecular complexity index is 662. The van der Waals surface area contributed by atoms with Crippen LogP contribution in [-0.4, -0.2) is 5.91 Å². The van der Waals surface area contributed by atoms with E-state index < -0.39 is 5.82 Å². The Balaban J connectivity index is 1.83. The number of carbonyl (C=O) groups excluding carboxylic acids is 1. The van der Waals surface area contributed by atoms with Gasteiger partial charge in [0.2, 0.25) is 5.91 Å². The topological polar surface area (TPSA) is 52.9 Å². The molecule has 0 radical (unpaired) electrons. The number of halogens is 1. The van der Waals surface area contributed by atoms with E-state index in [2.05, 4.69) is 5.32 Å². The van der Waals surface area contributed by atoms with Gasteiger partial charge in [-0.1, -0.05) is 36.4 Å². The lowest BCUT2D eigenvalue weighted by Crippen LogP contribution is -2.23. The van der Waals surface area contributed by atoms with E-state index in [1.807, 2.05) is 36.4 Å². The second-order valence-corrected chi connectivity index (χ2v) is 4.68. The lowest BCUT2D eigenvalue weighted by molar-refractivity contribution is -0.121. The zero-order valence-electron chi connectivity index (χ0n) is 11.5. The summed E-state index contributed by atoms with van der Waals surface area (Å²) < 4.78 is 13.6. The maximum Gasteiger partial charge on any atom is 0.220 e. The van der Waals surface area contributed by atoms with Crippen LogP contribution in [0, 0.1) is 17.1 Å². The molecule has 0 heterocycles. The third kappa shape index (κ3) is 4.43. The normalized spacial score (nSPS) is 9.90. The highest BCUT2D eigenvalue weighted by molar-refractivity contribution is 5.76. The Kier molecular flexibility index (Phi) is 5.05. The summed E-state index contributed by atoms with van der Waals surface area (Å²) in [4.78, 5) is 11.7. The fourth-order valence-electron chi connectivity index (χ4n) is 1.94. The van der Waals surface area contributed by atoms with Crippen molar-refractivity contribution in [2.45, 2.75) is 19.4 Å². The third-order valence-corrected chi connectivity index (χ3v) is 3.14. The molecule has 0 aliphatic heterocycles. The number of amides is 1. The fourth-order valence-corrected chi connectivity index (χ4v) is 1.94. The first-order valence-corrected chi connectivity index (χ1v) is 6.68. The molecular weight excluding hydrogens is 267 g/mol. The number of hydrogen-bond acceptors (Lipinski definition) is 2. The largest absolute Gasteiger partial charge is 0.352 e. The lowest BCUT2D eigenvalue weighted by atomic mass is 10.1. The zero-order valence-corrected chi connectivity index (χ0v) is 11.5. The van der Waals surface area contributed by atoms with Crippen LogP contribution < -0.4 is 5.32 Å². The van der Waals surface area contributed by atoms with Crippen molar-refractivity contribution in [2.24, 2.45) is 0 Å². The highest BCUT2D eigenvalue weighted by Gasteiger charge is 2.06. The molecule has 2 aromatic carbocycles. The molecule has 1 amide bonds. The molecule has 0 saturated heterocycles. The van der Waals surface area contributed by atoms with Gasteiger partial charge in [-0.2, -0.15) is 5.26 Å². The standard InChI is InChI=1S/C17H15FN2O/c18-16-10-14(11-19)6-8-15(16)12-20-17(21)9-7-13-4-2-1-3-5-13/h1-6,8,10H,7,9,12H2,(H,20,21). The van der Waals surface area contributed by atoms with E-state index in [0.29, 0.717) is 18.4 Å². The highest BCUT2D eigenvalue weighted by Crippen LogP contribution is 2.10. The van der Waals surface area contributed by atoms with E-state index in [1.165, 1.54) is 18.2 Å². The van der Waals surface area contributed by atoms with Crippen LogP contribution in [0.25, 0.3) is 0 Å². The molecule has 4 heteroatoms. The van der Waals surface area contributed by atoms with Crippen LogP contribution in [-0.2, 0) is 17.8 Å². The van der Waals surface area contributed by atoms with Crippen LogP contribution in [0.1, 0.15) is 23.1 Å². The van der Waals surface area contributed by atoms with E-state index in [1.54, 1.807) is 0 Å². The molecule has 2 rings (SSSR count). The summed E-state index contributed by atoms with van der Waals surface area (Å²) in [5.74, 6) is -0.597. The van der Waals surface area contributed by atoms with E-state index in [-0.39, 0.29) is 18.0 Å². The van der Waals surface area contributed by atoms with Gasteiger partial charge in [0, 0.05) is 18.5 Å². The molecule has 0 bridgehead atoms. The molecule has 21 heavy (non-hydrogen) atoms. The number of nitrogens with one attached hydrogen (secondary N) is 1. The quantitative estimate of drug-likeness (QED) is 0.916. The van der Waals surface area contributed by atoms with Gasteiger partial charge >= 0.3 is 0 Å². The second kappa shape index (κ2) is 7.20. The van der Waals surface area contributed by atoms with Crippen LogP contribution in [0.5, 0.6) is 0 Å². The summed E-state index contributed by atoms with van der Waals surface area (Å²) in [6.07, 6.45) is 1.02. The summed E-state index contributed by atoms with van der Waals surface area (Å²) >= 11 is 0. The molecule has 0 atom stereocenters. The number of aryl methyl sites for hydroxylation is 1. The minimum Gasteiger partial charge on any atom is -0.352 e. The van der Waals surface area contributed by atoms with Gasteiger partial charge in [-0.05, 0) is 24.1 Å². The molecular formula is C17H15FN2O. The highest BCUT2D eigenvalue weighted by atomic mass is 19.1. The molecule has 0 saturated carbocycles. The number of hydrogen-bond donors (Lipinski definition) is 1. The Morgan fingerprint density at radius 3 is 2.62 bits per heavy atom. The van der Waals surface area contributed by atoms with Crippen molar-refractivity contribution in [3.8, 4) is 6.07 Å². The third-order valence-electron chi connectivity index (χ3n) is 3.14. The summed E-state index contributed by atoms with van der Waals surface area (Å²) in [6, 6.07) is 15.8. The van der Waals surface area contributed by atoms with Crippen molar-refractivity contribution < 1.29 is 9.18 Å². The van der Waals surface area contributed by atoms with Gasteiger partial charge in [0.05, 0.1) is 11.6 Å². The Labute approximate surface area is 123 Å². The van der Waals surface area contributed by atoms with Gasteiger partial charge in [-0.25, -0.2) is 4.39 Å². The SMILES string of the molecule is N#Cc1ccc(CNC(=O)CCc2ccccc2)c(F)c1. The number of nitrogens with zero attached hydrogens (tertiary/aromatic N) is 1. The Morgan fingerprint density at radius 1 is 1.19 bits per heavy atom. The van der Waals surface area contributed by atoms with Crippen molar-refractivity contribution in [3.05, 3.63) is 71.0 Å². The number of benzene rings is 2. The summed E-state index contributed by atoms with van der Waals surface area (Å²) in [7, 11) is 0. The van der Waals surface area contributed by atoms with Gasteiger partial charge in [-0.15, -0.1) is 0 Å².